The third kappa shape index (κ3) is 2.99. The summed E-state index contributed by atoms with van der Waals surface area (Å²) in [5.74, 6) is 0.500. The predicted molar refractivity (Wildman–Crippen MR) is 58.0 cm³/mol. The molecule has 0 radical (unpaired) electrons. The molecule has 0 N–H and O–H groups in total. The number of ether oxygens (including phenoxy) is 2. The van der Waals surface area contributed by atoms with Crippen molar-refractivity contribution in [3.63, 3.8) is 0 Å². The van der Waals surface area contributed by atoms with Gasteiger partial charge in [-0.1, -0.05) is 23.7 Å². The monoisotopic (exact) mass is 226 g/mol. The number of benzene rings is 1. The average molecular weight is 227 g/mol. The standard InChI is InChI=1S/C11H11ClO3/c1-8(7-12)15-10-6-4-3-5-9(10)11(13)14-2/h3-7H,1-2H3. The molecule has 0 saturated carbocycles. The summed E-state index contributed by atoms with van der Waals surface area (Å²) in [7, 11) is 1.32. The molecular weight excluding hydrogens is 216 g/mol. The van der Waals surface area contributed by atoms with Gasteiger partial charge in [0.2, 0.25) is 0 Å². The fourth-order valence-corrected chi connectivity index (χ4v) is 1.07. The van der Waals surface area contributed by atoms with Crippen LogP contribution in [-0.2, 0) is 4.74 Å². The third-order valence-corrected chi connectivity index (χ3v) is 2.02. The number of allylic oxidation sites excluding steroid dienone is 1. The Morgan fingerprint density at radius 3 is 2.67 bits per heavy atom. The topological polar surface area (TPSA) is 35.5 Å². The number of esters is 1. The van der Waals surface area contributed by atoms with Gasteiger partial charge in [-0.3, -0.25) is 0 Å². The molecule has 3 nitrogen and oxygen atoms in total. The number of hydrogen-bond acceptors (Lipinski definition) is 3. The van der Waals surface area contributed by atoms with E-state index >= 15 is 0 Å². The molecule has 1 aromatic carbocycles. The SMILES string of the molecule is COC(=O)c1ccccc1OC(C)=CCl. The van der Waals surface area contributed by atoms with Crippen LogP contribution in [0, 0.1) is 0 Å². The lowest BCUT2D eigenvalue weighted by Gasteiger charge is -2.08. The van der Waals surface area contributed by atoms with E-state index in [1.54, 1.807) is 31.2 Å². The Kier molecular flexibility index (Phi) is 4.18. The van der Waals surface area contributed by atoms with Gasteiger partial charge in [-0.2, -0.15) is 0 Å². The number of carbonyl (C=O) groups excluding carboxylic acids is 1. The van der Waals surface area contributed by atoms with E-state index in [0.29, 0.717) is 17.1 Å². The number of hydrogen-bond donors (Lipinski definition) is 0. The molecule has 0 heterocycles. The molecule has 0 aliphatic rings. The van der Waals surface area contributed by atoms with Gasteiger partial charge in [0.05, 0.1) is 7.11 Å². The highest BCUT2D eigenvalue weighted by Crippen LogP contribution is 2.21. The maximum Gasteiger partial charge on any atom is 0.341 e. The van der Waals surface area contributed by atoms with Gasteiger partial charge >= 0.3 is 5.97 Å². The molecule has 0 unspecified atom stereocenters. The minimum atomic E-state index is -0.437. The van der Waals surface area contributed by atoms with Crippen molar-refractivity contribution in [3.8, 4) is 5.75 Å². The van der Waals surface area contributed by atoms with Crippen molar-refractivity contribution in [2.45, 2.75) is 6.92 Å². The van der Waals surface area contributed by atoms with Crippen LogP contribution in [0.2, 0.25) is 0 Å². The van der Waals surface area contributed by atoms with E-state index < -0.39 is 5.97 Å². The van der Waals surface area contributed by atoms with Gasteiger partial charge in [0.15, 0.2) is 0 Å². The molecule has 0 spiro atoms. The second-order valence-corrected chi connectivity index (χ2v) is 3.03. The summed E-state index contributed by atoms with van der Waals surface area (Å²) in [5, 5.41) is 0. The maximum atomic E-state index is 11.3. The number of halogens is 1. The molecule has 0 aliphatic carbocycles. The Morgan fingerprint density at radius 1 is 1.40 bits per heavy atom. The minimum absolute atomic E-state index is 0.373. The van der Waals surface area contributed by atoms with Crippen LogP contribution in [0.25, 0.3) is 0 Å². The zero-order valence-electron chi connectivity index (χ0n) is 8.49. The lowest BCUT2D eigenvalue weighted by molar-refractivity contribution is 0.0597. The van der Waals surface area contributed by atoms with E-state index in [2.05, 4.69) is 4.74 Å². The Hall–Kier alpha value is -1.48. The molecule has 80 valence electrons. The average Bonchev–Trinajstić information content (AvgIpc) is 2.28. The number of rotatable bonds is 3. The lowest BCUT2D eigenvalue weighted by Crippen LogP contribution is -2.04. The van der Waals surface area contributed by atoms with Gasteiger partial charge in [0.25, 0.3) is 0 Å². The first kappa shape index (κ1) is 11.6. The van der Waals surface area contributed by atoms with Crippen LogP contribution < -0.4 is 4.74 Å². The molecule has 1 aromatic rings. The van der Waals surface area contributed by atoms with Crippen molar-refractivity contribution in [1.82, 2.24) is 0 Å². The molecule has 1 rings (SSSR count). The first-order valence-corrected chi connectivity index (χ1v) is 4.75. The summed E-state index contributed by atoms with van der Waals surface area (Å²) in [6, 6.07) is 6.81. The zero-order chi connectivity index (χ0) is 11.3. The minimum Gasteiger partial charge on any atom is -0.465 e. The Balaban J connectivity index is 3.01. The second kappa shape index (κ2) is 5.41. The molecule has 0 aliphatic heterocycles. The molecule has 0 aromatic heterocycles. The van der Waals surface area contributed by atoms with E-state index in [1.165, 1.54) is 12.6 Å². The highest BCUT2D eigenvalue weighted by molar-refractivity contribution is 6.25. The van der Waals surface area contributed by atoms with Gasteiger partial charge < -0.3 is 9.47 Å². The molecule has 4 heteroatoms. The van der Waals surface area contributed by atoms with Crippen molar-refractivity contribution in [1.29, 1.82) is 0 Å². The third-order valence-electron chi connectivity index (χ3n) is 1.72. The van der Waals surface area contributed by atoms with E-state index in [0.717, 1.165) is 0 Å². The smallest absolute Gasteiger partial charge is 0.341 e. The molecule has 0 fully saturated rings. The summed E-state index contributed by atoms with van der Waals surface area (Å²) < 4.78 is 9.97. The summed E-state index contributed by atoms with van der Waals surface area (Å²) in [5.41, 5.74) is 1.67. The van der Waals surface area contributed by atoms with Crippen LogP contribution in [0.3, 0.4) is 0 Å². The highest BCUT2D eigenvalue weighted by atomic mass is 35.5. The van der Waals surface area contributed by atoms with Crippen LogP contribution in [0.4, 0.5) is 0 Å². The predicted octanol–water partition coefficient (Wildman–Crippen LogP) is 2.95. The Bertz CT molecular complexity index is 385. The fraction of sp³-hybridized carbons (Fsp3) is 0.182. The molecule has 0 amide bonds. The largest absolute Gasteiger partial charge is 0.465 e. The summed E-state index contributed by atoms with van der Waals surface area (Å²) in [4.78, 5) is 11.3. The molecule has 0 atom stereocenters. The summed E-state index contributed by atoms with van der Waals surface area (Å²) >= 11 is 5.46. The number of para-hydroxylation sites is 1. The van der Waals surface area contributed by atoms with Gasteiger partial charge in [-0.25, -0.2) is 4.79 Å². The van der Waals surface area contributed by atoms with E-state index in [4.69, 9.17) is 16.3 Å². The molecule has 0 bridgehead atoms. The lowest BCUT2D eigenvalue weighted by atomic mass is 10.2. The van der Waals surface area contributed by atoms with Crippen molar-refractivity contribution >= 4 is 17.6 Å². The highest BCUT2D eigenvalue weighted by Gasteiger charge is 2.12. The zero-order valence-corrected chi connectivity index (χ0v) is 9.25. The molecule has 15 heavy (non-hydrogen) atoms. The van der Waals surface area contributed by atoms with E-state index in [-0.39, 0.29) is 0 Å². The number of methoxy groups -OCH3 is 1. The van der Waals surface area contributed by atoms with Crippen LogP contribution >= 0.6 is 11.6 Å². The second-order valence-electron chi connectivity index (χ2n) is 2.81. The van der Waals surface area contributed by atoms with Crippen molar-refractivity contribution < 1.29 is 14.3 Å². The first-order valence-electron chi connectivity index (χ1n) is 4.31. The molecule has 0 saturated heterocycles. The molecular formula is C11H11ClO3. The quantitative estimate of drug-likeness (QED) is 0.587. The summed E-state index contributed by atoms with van der Waals surface area (Å²) in [6.45, 7) is 1.70. The maximum absolute atomic E-state index is 11.3. The normalized spacial score (nSPS) is 11.0. The number of carbonyl (C=O) groups is 1. The van der Waals surface area contributed by atoms with Crippen LogP contribution in [0.15, 0.2) is 35.6 Å². The van der Waals surface area contributed by atoms with Crippen molar-refractivity contribution in [2.75, 3.05) is 7.11 Å². The Morgan fingerprint density at radius 2 is 2.07 bits per heavy atom. The Labute approximate surface area is 93.3 Å². The van der Waals surface area contributed by atoms with Gasteiger partial charge in [0.1, 0.15) is 17.1 Å². The van der Waals surface area contributed by atoms with Crippen LogP contribution in [-0.4, -0.2) is 13.1 Å². The summed E-state index contributed by atoms with van der Waals surface area (Å²) in [6.07, 6.45) is 0. The van der Waals surface area contributed by atoms with E-state index in [9.17, 15) is 4.79 Å². The van der Waals surface area contributed by atoms with Crippen LogP contribution in [0.5, 0.6) is 5.75 Å². The van der Waals surface area contributed by atoms with Crippen molar-refractivity contribution in [3.05, 3.63) is 41.1 Å². The van der Waals surface area contributed by atoms with Gasteiger partial charge in [-0.15, -0.1) is 0 Å². The van der Waals surface area contributed by atoms with Gasteiger partial charge in [-0.05, 0) is 19.1 Å². The fourth-order valence-electron chi connectivity index (χ4n) is 1.03. The van der Waals surface area contributed by atoms with Crippen LogP contribution in [0.1, 0.15) is 17.3 Å². The van der Waals surface area contributed by atoms with E-state index in [1.807, 2.05) is 0 Å². The van der Waals surface area contributed by atoms with Crippen molar-refractivity contribution in [2.24, 2.45) is 0 Å². The first-order chi connectivity index (χ1) is 7.19. The van der Waals surface area contributed by atoms with Gasteiger partial charge in [0, 0.05) is 5.54 Å².